The van der Waals surface area contributed by atoms with Crippen LogP contribution in [0.4, 0.5) is 10.1 Å². The molecule has 1 aromatic carbocycles. The van der Waals surface area contributed by atoms with Crippen molar-refractivity contribution >= 4 is 27.6 Å². The Bertz CT molecular complexity index is 449. The van der Waals surface area contributed by atoms with Crippen LogP contribution in [0.15, 0.2) is 16.6 Å². The molecule has 17 heavy (non-hydrogen) atoms. The summed E-state index contributed by atoms with van der Waals surface area (Å²) in [5, 5.41) is 20.9. The first-order valence-corrected chi connectivity index (χ1v) is 5.68. The van der Waals surface area contributed by atoms with Gasteiger partial charge in [0.05, 0.1) is 11.0 Å². The van der Waals surface area contributed by atoms with Crippen molar-refractivity contribution in [1.29, 1.82) is 0 Å². The van der Waals surface area contributed by atoms with Crippen LogP contribution in [0.5, 0.6) is 0 Å². The lowest BCUT2D eigenvalue weighted by Gasteiger charge is -2.20. The molecule has 0 aliphatic heterocycles. The Morgan fingerprint density at radius 3 is 2.71 bits per heavy atom. The van der Waals surface area contributed by atoms with Gasteiger partial charge in [0.25, 0.3) is 0 Å². The number of aryl methyl sites for hydroxylation is 1. The van der Waals surface area contributed by atoms with E-state index in [-0.39, 0.29) is 6.54 Å². The fourth-order valence-electron chi connectivity index (χ4n) is 1.18. The Hall–Kier alpha value is -1.14. The van der Waals surface area contributed by atoms with Crippen LogP contribution >= 0.6 is 15.9 Å². The van der Waals surface area contributed by atoms with Crippen LogP contribution in [0.3, 0.4) is 0 Å². The number of aliphatic hydroxyl groups is 1. The van der Waals surface area contributed by atoms with Crippen LogP contribution in [0, 0.1) is 12.7 Å². The van der Waals surface area contributed by atoms with Crippen LogP contribution in [0.25, 0.3) is 0 Å². The lowest BCUT2D eigenvalue weighted by molar-refractivity contribution is -0.155. The van der Waals surface area contributed by atoms with Crippen molar-refractivity contribution < 1.29 is 19.4 Å². The molecule has 0 saturated heterocycles. The second-order valence-electron chi connectivity index (χ2n) is 4.01. The second-order valence-corrected chi connectivity index (χ2v) is 4.87. The molecule has 94 valence electrons. The fraction of sp³-hybridized carbons (Fsp3) is 0.364. The molecule has 1 atom stereocenters. The number of nitrogens with one attached hydrogen (secondary N) is 1. The average Bonchev–Trinajstić information content (AvgIpc) is 2.21. The summed E-state index contributed by atoms with van der Waals surface area (Å²) >= 11 is 3.05. The van der Waals surface area contributed by atoms with Crippen molar-refractivity contribution in [3.05, 3.63) is 28.0 Å². The number of carboxylic acid groups (broad SMARTS) is 1. The molecular weight excluding hydrogens is 293 g/mol. The highest BCUT2D eigenvalue weighted by Gasteiger charge is 2.29. The van der Waals surface area contributed by atoms with Crippen LogP contribution in [-0.2, 0) is 4.79 Å². The van der Waals surface area contributed by atoms with Gasteiger partial charge in [0.1, 0.15) is 5.82 Å². The second kappa shape index (κ2) is 5.01. The zero-order chi connectivity index (χ0) is 13.2. The topological polar surface area (TPSA) is 69.6 Å². The monoisotopic (exact) mass is 305 g/mol. The van der Waals surface area contributed by atoms with Gasteiger partial charge in [-0.25, -0.2) is 9.18 Å². The van der Waals surface area contributed by atoms with Gasteiger partial charge in [-0.3, -0.25) is 0 Å². The molecular formula is C11H13BrFNO3. The van der Waals surface area contributed by atoms with Crippen molar-refractivity contribution in [2.75, 3.05) is 11.9 Å². The number of anilines is 1. The number of benzene rings is 1. The zero-order valence-electron chi connectivity index (χ0n) is 9.42. The summed E-state index contributed by atoms with van der Waals surface area (Å²) in [6, 6.07) is 2.82. The Balaban J connectivity index is 2.83. The molecule has 0 spiro atoms. The molecule has 1 aromatic rings. The summed E-state index contributed by atoms with van der Waals surface area (Å²) in [4.78, 5) is 10.7. The summed E-state index contributed by atoms with van der Waals surface area (Å²) in [5.74, 6) is -1.78. The molecule has 0 bridgehead atoms. The maximum absolute atomic E-state index is 13.3. The number of rotatable bonds is 4. The molecule has 0 radical (unpaired) electrons. The van der Waals surface area contributed by atoms with Gasteiger partial charge in [0, 0.05) is 5.69 Å². The van der Waals surface area contributed by atoms with Crippen LogP contribution in [0.2, 0.25) is 0 Å². The minimum Gasteiger partial charge on any atom is -0.479 e. The van der Waals surface area contributed by atoms with Gasteiger partial charge in [0.15, 0.2) is 5.60 Å². The van der Waals surface area contributed by atoms with E-state index in [4.69, 9.17) is 5.11 Å². The Morgan fingerprint density at radius 2 is 2.18 bits per heavy atom. The predicted molar refractivity (Wildman–Crippen MR) is 65.6 cm³/mol. The minimum atomic E-state index is -1.89. The molecule has 0 saturated carbocycles. The molecule has 1 unspecified atom stereocenters. The van der Waals surface area contributed by atoms with Gasteiger partial charge in [-0.1, -0.05) is 0 Å². The molecule has 1 rings (SSSR count). The summed E-state index contributed by atoms with van der Waals surface area (Å²) in [7, 11) is 0. The first kappa shape index (κ1) is 13.9. The molecule has 0 heterocycles. The van der Waals surface area contributed by atoms with Gasteiger partial charge >= 0.3 is 5.97 Å². The largest absolute Gasteiger partial charge is 0.479 e. The van der Waals surface area contributed by atoms with E-state index < -0.39 is 17.4 Å². The van der Waals surface area contributed by atoms with Gasteiger partial charge in [-0.05, 0) is 47.5 Å². The average molecular weight is 306 g/mol. The minimum absolute atomic E-state index is 0.204. The Labute approximate surface area is 107 Å². The Kier molecular flexibility index (Phi) is 4.11. The smallest absolute Gasteiger partial charge is 0.337 e. The summed E-state index contributed by atoms with van der Waals surface area (Å²) in [6.07, 6.45) is 0. The van der Waals surface area contributed by atoms with Gasteiger partial charge in [-0.15, -0.1) is 0 Å². The first-order chi connectivity index (χ1) is 7.74. The van der Waals surface area contributed by atoms with Crippen molar-refractivity contribution in [3.63, 3.8) is 0 Å². The summed E-state index contributed by atoms with van der Waals surface area (Å²) in [5.41, 5.74) is -0.692. The van der Waals surface area contributed by atoms with E-state index in [9.17, 15) is 14.3 Å². The summed E-state index contributed by atoms with van der Waals surface area (Å²) < 4.78 is 13.6. The van der Waals surface area contributed by atoms with E-state index in [1.54, 1.807) is 13.0 Å². The molecule has 0 aliphatic rings. The highest BCUT2D eigenvalue weighted by Crippen LogP contribution is 2.24. The SMILES string of the molecule is Cc1cc(Br)c(F)cc1NCC(C)(O)C(=O)O. The van der Waals surface area contributed by atoms with Gasteiger partial charge < -0.3 is 15.5 Å². The lowest BCUT2D eigenvalue weighted by atomic mass is 10.1. The van der Waals surface area contributed by atoms with Crippen molar-refractivity contribution in [3.8, 4) is 0 Å². The van der Waals surface area contributed by atoms with Crippen molar-refractivity contribution in [2.24, 2.45) is 0 Å². The number of carboxylic acids is 1. The predicted octanol–water partition coefficient (Wildman–Crippen LogP) is 2.14. The number of hydrogen-bond donors (Lipinski definition) is 3. The molecule has 0 amide bonds. The number of halogens is 2. The van der Waals surface area contributed by atoms with E-state index in [0.717, 1.165) is 5.56 Å². The van der Waals surface area contributed by atoms with E-state index in [2.05, 4.69) is 21.2 Å². The van der Waals surface area contributed by atoms with Crippen LogP contribution in [-0.4, -0.2) is 28.3 Å². The molecule has 4 nitrogen and oxygen atoms in total. The maximum atomic E-state index is 13.3. The molecule has 3 N–H and O–H groups in total. The first-order valence-electron chi connectivity index (χ1n) is 4.89. The normalized spacial score (nSPS) is 14.2. The molecule has 0 aliphatic carbocycles. The molecule has 6 heteroatoms. The van der Waals surface area contributed by atoms with E-state index in [1.165, 1.54) is 13.0 Å². The standard InChI is InChI=1S/C11H13BrFNO3/c1-6-3-7(12)8(13)4-9(6)14-5-11(2,17)10(15)16/h3-4,14,17H,5H2,1-2H3,(H,15,16). The highest BCUT2D eigenvalue weighted by molar-refractivity contribution is 9.10. The summed E-state index contributed by atoms with van der Waals surface area (Å²) in [6.45, 7) is 2.72. The Morgan fingerprint density at radius 1 is 1.59 bits per heavy atom. The third-order valence-corrected chi connectivity index (χ3v) is 2.96. The zero-order valence-corrected chi connectivity index (χ0v) is 11.0. The van der Waals surface area contributed by atoms with Gasteiger partial charge in [0.2, 0.25) is 0 Å². The van der Waals surface area contributed by atoms with Gasteiger partial charge in [-0.2, -0.15) is 0 Å². The number of carbonyl (C=O) groups is 1. The quantitative estimate of drug-likeness (QED) is 0.797. The van der Waals surface area contributed by atoms with E-state index >= 15 is 0 Å². The lowest BCUT2D eigenvalue weighted by Crippen LogP contribution is -2.41. The van der Waals surface area contributed by atoms with Crippen LogP contribution < -0.4 is 5.32 Å². The molecule has 0 fully saturated rings. The number of hydrogen-bond acceptors (Lipinski definition) is 3. The third kappa shape index (κ3) is 3.41. The van der Waals surface area contributed by atoms with Crippen molar-refractivity contribution in [1.82, 2.24) is 0 Å². The van der Waals surface area contributed by atoms with Crippen LogP contribution in [0.1, 0.15) is 12.5 Å². The fourth-order valence-corrected chi connectivity index (χ4v) is 1.64. The maximum Gasteiger partial charge on any atom is 0.337 e. The highest BCUT2D eigenvalue weighted by atomic mass is 79.9. The van der Waals surface area contributed by atoms with E-state index in [1.807, 2.05) is 0 Å². The third-order valence-electron chi connectivity index (χ3n) is 2.35. The van der Waals surface area contributed by atoms with E-state index in [0.29, 0.717) is 10.2 Å². The van der Waals surface area contributed by atoms with Crippen molar-refractivity contribution in [2.45, 2.75) is 19.4 Å². The number of aliphatic carboxylic acids is 1. The molecule has 0 aromatic heterocycles.